The van der Waals surface area contributed by atoms with Crippen molar-refractivity contribution in [3.8, 4) is 26.7 Å². The average Bonchev–Trinajstić information content (AvgIpc) is 3.76. The Kier molecular flexibility index (Phi) is 12.0. The smallest absolute Gasteiger partial charge is 0.813 e. The number of hydrogen-bond acceptors (Lipinski definition) is 9. The van der Waals surface area contributed by atoms with Gasteiger partial charge < -0.3 is 18.2 Å². The van der Waals surface area contributed by atoms with Gasteiger partial charge >= 0.3 is 193 Å². The van der Waals surface area contributed by atoms with Crippen LogP contribution in [0.2, 0.25) is 0 Å². The van der Waals surface area contributed by atoms with Gasteiger partial charge in [-0.05, 0) is 59.4 Å². The fourth-order valence-electron chi connectivity index (χ4n) is 8.61. The molecule has 6 heterocycles. The third kappa shape index (κ3) is 7.62. The molecule has 8 rings (SSSR count). The first-order valence-electron chi connectivity index (χ1n) is 17.8. The summed E-state index contributed by atoms with van der Waals surface area (Å²) in [5.41, 5.74) is -0.684. The number of rotatable bonds is 5. The van der Waals surface area contributed by atoms with E-state index in [1.165, 1.54) is 12.3 Å². The summed E-state index contributed by atoms with van der Waals surface area (Å²) in [4.78, 5) is 33.1. The van der Waals surface area contributed by atoms with Crippen LogP contribution in [0.4, 0.5) is 28.2 Å². The summed E-state index contributed by atoms with van der Waals surface area (Å²) in [7, 11) is 0. The Hall–Kier alpha value is -3.26. The molecule has 2 bridgehead atoms. The van der Waals surface area contributed by atoms with Gasteiger partial charge in [-0.25, -0.2) is 4.79 Å². The van der Waals surface area contributed by atoms with Gasteiger partial charge in [0, 0.05) is 12.1 Å². The molecule has 2 aromatic heterocycles. The van der Waals surface area contributed by atoms with Crippen LogP contribution >= 0.6 is 9.90 Å². The van der Waals surface area contributed by atoms with Gasteiger partial charge in [0.05, 0.1) is 17.6 Å². The second-order valence-corrected chi connectivity index (χ2v) is 16.5. The number of thiol groups is 1. The van der Waals surface area contributed by atoms with Crippen molar-refractivity contribution in [2.45, 2.75) is 76.1 Å². The Bertz CT molecular complexity index is 2250. The van der Waals surface area contributed by atoms with E-state index in [-0.39, 0.29) is 89.5 Å². The SMILES string of the molecule is CC(C)(C)OC(=O)N1C2CCC1CN(c1nc(OCC34CCCN3CC(=C(F)F)C4)nc3c(F)c(-c4cccc5ccc(F)c(C#[C][Tl])c45)ncc13)C2.P.[SH-]. The zero-order valence-corrected chi connectivity index (χ0v) is 37.6. The van der Waals surface area contributed by atoms with Crippen LogP contribution in [0.15, 0.2) is 48.2 Å². The van der Waals surface area contributed by atoms with Crippen molar-refractivity contribution in [2.75, 3.05) is 37.7 Å². The van der Waals surface area contributed by atoms with E-state index in [9.17, 15) is 13.6 Å². The Labute approximate surface area is 343 Å². The van der Waals surface area contributed by atoms with E-state index in [1.807, 2.05) is 41.5 Å². The van der Waals surface area contributed by atoms with E-state index >= 15 is 8.78 Å². The predicted octanol–water partition coefficient (Wildman–Crippen LogP) is 6.74. The molecule has 2 aromatic carbocycles. The Morgan fingerprint density at radius 1 is 1.09 bits per heavy atom. The first kappa shape index (κ1) is 41.4. The molecule has 4 atom stereocenters. The number of piperazine rings is 1. The summed E-state index contributed by atoms with van der Waals surface area (Å²) in [6.07, 6.45) is 2.75. The molecule has 4 aliphatic rings. The molecule has 0 radical (unpaired) electrons. The molecule has 4 aliphatic heterocycles. The minimum absolute atomic E-state index is 0. The fraction of sp³-hybridized carbons (Fsp3) is 0.436. The molecule has 16 heteroatoms. The van der Waals surface area contributed by atoms with Gasteiger partial charge in [0.15, 0.2) is 0 Å². The van der Waals surface area contributed by atoms with Crippen molar-refractivity contribution in [3.05, 3.63) is 65.4 Å². The van der Waals surface area contributed by atoms with Crippen LogP contribution in [0.25, 0.3) is 32.9 Å². The van der Waals surface area contributed by atoms with Crippen molar-refractivity contribution in [3.63, 3.8) is 0 Å². The quantitative estimate of drug-likeness (QED) is 0.0540. The minimum Gasteiger partial charge on any atom is -0.813 e. The van der Waals surface area contributed by atoms with Crippen LogP contribution in [0.3, 0.4) is 0 Å². The molecule has 4 saturated heterocycles. The third-order valence-electron chi connectivity index (χ3n) is 10.9. The summed E-state index contributed by atoms with van der Waals surface area (Å²) in [5, 5.41) is 1.49. The molecule has 9 nitrogen and oxygen atoms in total. The fourth-order valence-corrected chi connectivity index (χ4v) is 9.17. The van der Waals surface area contributed by atoms with Crippen molar-refractivity contribution < 1.29 is 31.8 Å². The molecular formula is C39H41F4N6O3PSTl-. The van der Waals surface area contributed by atoms with Gasteiger partial charge in [-0.15, -0.1) is 0 Å². The average molecular weight is 985 g/mol. The molecule has 4 aromatic rings. The maximum atomic E-state index is 17.1. The summed E-state index contributed by atoms with van der Waals surface area (Å²) in [5.74, 6) is 2.08. The maximum absolute atomic E-state index is 17.1. The number of carbonyl (C=O) groups excluding carboxylic acids is 1. The first-order valence-corrected chi connectivity index (χ1v) is 20.1. The molecule has 0 saturated carbocycles. The number of hydrogen-bond donors (Lipinski definition) is 0. The van der Waals surface area contributed by atoms with Gasteiger partial charge in [0.1, 0.15) is 5.60 Å². The number of amides is 1. The Morgan fingerprint density at radius 3 is 2.53 bits per heavy atom. The number of ether oxygens (including phenoxy) is 2. The number of anilines is 1. The van der Waals surface area contributed by atoms with E-state index in [4.69, 9.17) is 14.5 Å². The zero-order valence-electron chi connectivity index (χ0n) is 30.8. The second kappa shape index (κ2) is 15.9. The normalized spacial score (nSPS) is 21.8. The summed E-state index contributed by atoms with van der Waals surface area (Å²) in [6.45, 7) is 7.25. The number of benzene rings is 2. The molecule has 4 fully saturated rings. The van der Waals surface area contributed by atoms with Crippen LogP contribution in [-0.4, -0.2) is 113 Å². The van der Waals surface area contributed by atoms with Crippen molar-refractivity contribution in [2.24, 2.45) is 0 Å². The molecule has 0 N–H and O–H groups in total. The standard InChI is InChI=1S/C39H37F4N6O3.H3P.H2S.Tl/c1-5-26-29(40)13-10-22-8-6-9-27(30(22)26)32-31(41)33-28(17-44-32)35(47-19-24-11-12-25(20-47)49(24)37(50)52-38(2,3)4)46-36(45-33)51-21-39-14-7-15-48(39)18-23(16-39)34(42)43;;;/h6,8-10,13,17,24-25H,7,11-12,14-16,18-21H2,2-4H3;1H3;1H2;/p-1. The topological polar surface area (TPSA) is 83.9 Å². The molecule has 0 spiro atoms. The van der Waals surface area contributed by atoms with Crippen molar-refractivity contribution >= 4 is 82.7 Å². The Balaban J connectivity index is 0.00000257. The minimum atomic E-state index is -1.66. The summed E-state index contributed by atoms with van der Waals surface area (Å²) in [6, 6.07) is 7.86. The monoisotopic (exact) mass is 985 g/mol. The predicted molar refractivity (Wildman–Crippen MR) is 213 cm³/mol. The second-order valence-electron chi connectivity index (χ2n) is 15.4. The number of pyridine rings is 1. The molecule has 55 heavy (non-hydrogen) atoms. The van der Waals surface area contributed by atoms with Crippen molar-refractivity contribution in [1.29, 1.82) is 0 Å². The Morgan fingerprint density at radius 2 is 1.84 bits per heavy atom. The molecule has 0 aliphatic carbocycles. The molecule has 4 unspecified atom stereocenters. The van der Waals surface area contributed by atoms with Gasteiger partial charge in [-0.2, -0.15) is 18.7 Å². The molecular weight excluding hydrogens is 944 g/mol. The molecule has 1 amide bonds. The van der Waals surface area contributed by atoms with Gasteiger partial charge in [0.2, 0.25) is 0 Å². The van der Waals surface area contributed by atoms with Crippen LogP contribution in [0.1, 0.15) is 58.4 Å². The third-order valence-corrected chi connectivity index (χ3v) is 11.4. The van der Waals surface area contributed by atoms with E-state index in [1.54, 1.807) is 18.2 Å². The van der Waals surface area contributed by atoms with Crippen LogP contribution in [-0.2, 0) is 18.2 Å². The zero-order chi connectivity index (χ0) is 37.2. The number of nitrogens with zero attached hydrogens (tertiary/aromatic N) is 6. The summed E-state index contributed by atoms with van der Waals surface area (Å²) >= 11 is 0.311. The van der Waals surface area contributed by atoms with E-state index in [0.29, 0.717) is 79.4 Å². The first-order chi connectivity index (χ1) is 25.4. The van der Waals surface area contributed by atoms with Crippen LogP contribution in [0.5, 0.6) is 6.01 Å². The summed E-state index contributed by atoms with van der Waals surface area (Å²) < 4.78 is 74.6. The molecule has 288 valence electrons. The van der Waals surface area contributed by atoms with Crippen LogP contribution in [0, 0.1) is 21.0 Å². The van der Waals surface area contributed by atoms with Gasteiger partial charge in [0.25, 0.3) is 6.08 Å². The van der Waals surface area contributed by atoms with Gasteiger partial charge in [-0.3, -0.25) is 9.80 Å². The number of carbonyl (C=O) groups is 1. The number of halogens is 4. The number of aromatic nitrogens is 3. The van der Waals surface area contributed by atoms with Crippen molar-refractivity contribution in [1.82, 2.24) is 24.8 Å². The van der Waals surface area contributed by atoms with E-state index in [0.717, 1.165) is 19.3 Å². The van der Waals surface area contributed by atoms with E-state index < -0.39 is 28.9 Å². The van der Waals surface area contributed by atoms with E-state index in [2.05, 4.69) is 19.4 Å². The number of fused-ring (bicyclic) bond motifs is 5. The van der Waals surface area contributed by atoms with Gasteiger partial charge in [-0.1, -0.05) is 0 Å². The van der Waals surface area contributed by atoms with Crippen LogP contribution < -0.4 is 9.64 Å².